The quantitative estimate of drug-likeness (QED) is 0.866. The fourth-order valence-electron chi connectivity index (χ4n) is 3.36. The van der Waals surface area contributed by atoms with E-state index in [1.54, 1.807) is 12.1 Å². The summed E-state index contributed by atoms with van der Waals surface area (Å²) in [5.74, 6) is 0.771. The standard InChI is InChI=1S/C16H21N3O/c17-9-12-1-3-14(4-2-12)16(20)10-18-15-11-19-7-5-13(15)6-8-19/h1-4,13,15-16,18,20H,5-8,10-11H2. The summed E-state index contributed by atoms with van der Waals surface area (Å²) in [6.07, 6.45) is 2.06. The Morgan fingerprint density at radius 3 is 2.55 bits per heavy atom. The number of benzene rings is 1. The van der Waals surface area contributed by atoms with E-state index < -0.39 is 6.10 Å². The van der Waals surface area contributed by atoms with E-state index in [-0.39, 0.29) is 0 Å². The molecule has 2 unspecified atom stereocenters. The van der Waals surface area contributed by atoms with Crippen molar-refractivity contribution in [2.24, 2.45) is 5.92 Å². The van der Waals surface area contributed by atoms with E-state index in [9.17, 15) is 5.11 Å². The van der Waals surface area contributed by atoms with Gasteiger partial charge in [-0.25, -0.2) is 0 Å². The third kappa shape index (κ3) is 2.85. The first-order valence-corrected chi connectivity index (χ1v) is 7.40. The first-order chi connectivity index (χ1) is 9.76. The Morgan fingerprint density at radius 1 is 1.30 bits per heavy atom. The van der Waals surface area contributed by atoms with Gasteiger partial charge in [0.25, 0.3) is 0 Å². The van der Waals surface area contributed by atoms with Crippen molar-refractivity contribution in [2.75, 3.05) is 26.2 Å². The summed E-state index contributed by atoms with van der Waals surface area (Å²) in [4.78, 5) is 2.51. The number of rotatable bonds is 4. The van der Waals surface area contributed by atoms with Crippen LogP contribution in [0, 0.1) is 17.2 Å². The van der Waals surface area contributed by atoms with Crippen LogP contribution in [0.1, 0.15) is 30.1 Å². The predicted molar refractivity (Wildman–Crippen MR) is 77.1 cm³/mol. The van der Waals surface area contributed by atoms with Crippen molar-refractivity contribution in [2.45, 2.75) is 25.0 Å². The molecule has 0 spiro atoms. The van der Waals surface area contributed by atoms with Crippen LogP contribution >= 0.6 is 0 Å². The summed E-state index contributed by atoms with van der Waals surface area (Å²) in [6, 6.07) is 9.79. The molecule has 4 rings (SSSR count). The van der Waals surface area contributed by atoms with Gasteiger partial charge in [-0.1, -0.05) is 12.1 Å². The number of nitrogens with zero attached hydrogens (tertiary/aromatic N) is 2. The van der Waals surface area contributed by atoms with Gasteiger partial charge in [0.15, 0.2) is 0 Å². The van der Waals surface area contributed by atoms with Crippen molar-refractivity contribution >= 4 is 0 Å². The maximum Gasteiger partial charge on any atom is 0.0991 e. The second-order valence-electron chi connectivity index (χ2n) is 5.90. The van der Waals surface area contributed by atoms with Crippen LogP contribution in [-0.4, -0.2) is 42.2 Å². The van der Waals surface area contributed by atoms with Gasteiger partial charge in [0.05, 0.1) is 17.7 Å². The predicted octanol–water partition coefficient (Wildman–Crippen LogP) is 1.28. The minimum Gasteiger partial charge on any atom is -0.387 e. The van der Waals surface area contributed by atoms with Crippen LogP contribution in [0.15, 0.2) is 24.3 Å². The molecule has 1 aromatic carbocycles. The topological polar surface area (TPSA) is 59.3 Å². The Labute approximate surface area is 120 Å². The molecule has 0 aromatic heterocycles. The van der Waals surface area contributed by atoms with Gasteiger partial charge in [0.1, 0.15) is 0 Å². The molecule has 3 aliphatic rings. The summed E-state index contributed by atoms with van der Waals surface area (Å²) in [6.45, 7) is 4.17. The van der Waals surface area contributed by atoms with E-state index in [0.29, 0.717) is 18.2 Å². The van der Waals surface area contributed by atoms with Crippen LogP contribution in [0.4, 0.5) is 0 Å². The van der Waals surface area contributed by atoms with Gasteiger partial charge in [-0.15, -0.1) is 0 Å². The third-order valence-corrected chi connectivity index (χ3v) is 4.65. The highest BCUT2D eigenvalue weighted by molar-refractivity contribution is 5.32. The SMILES string of the molecule is N#Cc1ccc(C(O)CNC2CN3CCC2CC3)cc1. The molecule has 0 aliphatic carbocycles. The van der Waals surface area contributed by atoms with E-state index in [2.05, 4.69) is 16.3 Å². The molecule has 0 amide bonds. The number of nitrogens with one attached hydrogen (secondary N) is 1. The van der Waals surface area contributed by atoms with Gasteiger partial charge >= 0.3 is 0 Å². The van der Waals surface area contributed by atoms with Crippen LogP contribution in [0.2, 0.25) is 0 Å². The van der Waals surface area contributed by atoms with Crippen LogP contribution in [0.25, 0.3) is 0 Å². The maximum atomic E-state index is 10.2. The molecule has 3 heterocycles. The van der Waals surface area contributed by atoms with Gasteiger partial charge in [-0.05, 0) is 49.5 Å². The number of aliphatic hydroxyl groups is 1. The zero-order valence-electron chi connectivity index (χ0n) is 11.6. The maximum absolute atomic E-state index is 10.2. The highest BCUT2D eigenvalue weighted by Crippen LogP contribution is 2.27. The Bertz CT molecular complexity index is 485. The lowest BCUT2D eigenvalue weighted by molar-refractivity contribution is 0.0635. The molecule has 20 heavy (non-hydrogen) atoms. The molecular formula is C16H21N3O. The molecule has 0 radical (unpaired) electrons. The normalized spacial score (nSPS) is 29.9. The lowest BCUT2D eigenvalue weighted by Gasteiger charge is -2.45. The van der Waals surface area contributed by atoms with Gasteiger partial charge in [0.2, 0.25) is 0 Å². The van der Waals surface area contributed by atoms with Crippen LogP contribution in [0.5, 0.6) is 0 Å². The van der Waals surface area contributed by atoms with Crippen LogP contribution in [-0.2, 0) is 0 Å². The average molecular weight is 271 g/mol. The second-order valence-corrected chi connectivity index (χ2v) is 5.90. The van der Waals surface area contributed by atoms with E-state index in [1.165, 1.54) is 25.9 Å². The molecule has 3 fully saturated rings. The molecule has 0 saturated carbocycles. The molecule has 4 heteroatoms. The minimum atomic E-state index is -0.502. The molecule has 3 aliphatic heterocycles. The summed E-state index contributed by atoms with van der Waals surface area (Å²) >= 11 is 0. The van der Waals surface area contributed by atoms with Crippen LogP contribution < -0.4 is 5.32 Å². The van der Waals surface area contributed by atoms with Crippen molar-refractivity contribution in [1.82, 2.24) is 10.2 Å². The lowest BCUT2D eigenvalue weighted by atomic mass is 9.84. The highest BCUT2D eigenvalue weighted by atomic mass is 16.3. The second kappa shape index (κ2) is 5.92. The molecule has 2 bridgehead atoms. The molecular weight excluding hydrogens is 250 g/mol. The Kier molecular flexibility index (Phi) is 4.02. The molecule has 3 saturated heterocycles. The van der Waals surface area contributed by atoms with Crippen molar-refractivity contribution < 1.29 is 5.11 Å². The fraction of sp³-hybridized carbons (Fsp3) is 0.562. The van der Waals surface area contributed by atoms with E-state index >= 15 is 0 Å². The Hall–Kier alpha value is -1.41. The van der Waals surface area contributed by atoms with Crippen molar-refractivity contribution in [3.63, 3.8) is 0 Å². The Balaban J connectivity index is 1.54. The van der Waals surface area contributed by atoms with Crippen LogP contribution in [0.3, 0.4) is 0 Å². The first kappa shape index (κ1) is 13.6. The van der Waals surface area contributed by atoms with Crippen molar-refractivity contribution in [1.29, 1.82) is 5.26 Å². The number of hydrogen-bond acceptors (Lipinski definition) is 4. The van der Waals surface area contributed by atoms with Crippen molar-refractivity contribution in [3.05, 3.63) is 35.4 Å². The minimum absolute atomic E-state index is 0.502. The number of fused-ring (bicyclic) bond motifs is 3. The van der Waals surface area contributed by atoms with Gasteiger partial charge in [-0.3, -0.25) is 0 Å². The van der Waals surface area contributed by atoms with Gasteiger partial charge in [0, 0.05) is 19.1 Å². The molecule has 2 atom stereocenters. The zero-order chi connectivity index (χ0) is 13.9. The van der Waals surface area contributed by atoms with E-state index in [4.69, 9.17) is 5.26 Å². The third-order valence-electron chi connectivity index (χ3n) is 4.65. The summed E-state index contributed by atoms with van der Waals surface area (Å²) in [5.41, 5.74) is 1.50. The fourth-order valence-corrected chi connectivity index (χ4v) is 3.36. The smallest absolute Gasteiger partial charge is 0.0991 e. The van der Waals surface area contributed by atoms with Gasteiger partial charge in [-0.2, -0.15) is 5.26 Å². The largest absolute Gasteiger partial charge is 0.387 e. The monoisotopic (exact) mass is 271 g/mol. The molecule has 106 valence electrons. The summed E-state index contributed by atoms with van der Waals surface area (Å²) < 4.78 is 0. The summed E-state index contributed by atoms with van der Waals surface area (Å²) in [7, 11) is 0. The summed E-state index contributed by atoms with van der Waals surface area (Å²) in [5, 5.41) is 22.5. The van der Waals surface area contributed by atoms with E-state index in [1.807, 2.05) is 12.1 Å². The Morgan fingerprint density at radius 2 is 2.00 bits per heavy atom. The van der Waals surface area contributed by atoms with Gasteiger partial charge < -0.3 is 15.3 Å². The van der Waals surface area contributed by atoms with Crippen molar-refractivity contribution in [3.8, 4) is 6.07 Å². The number of nitriles is 1. The molecule has 1 aromatic rings. The number of aliphatic hydroxyl groups excluding tert-OH is 1. The average Bonchev–Trinajstić information content (AvgIpc) is 2.54. The number of piperidine rings is 3. The lowest BCUT2D eigenvalue weighted by Crippen LogP contribution is -2.56. The molecule has 2 N–H and O–H groups in total. The highest BCUT2D eigenvalue weighted by Gasteiger charge is 2.33. The zero-order valence-corrected chi connectivity index (χ0v) is 11.6. The number of hydrogen-bond donors (Lipinski definition) is 2. The first-order valence-electron chi connectivity index (χ1n) is 7.40. The van der Waals surface area contributed by atoms with E-state index in [0.717, 1.165) is 18.0 Å². The molecule has 4 nitrogen and oxygen atoms in total.